The highest BCUT2D eigenvalue weighted by molar-refractivity contribution is 9.10. The van der Waals surface area contributed by atoms with E-state index in [-0.39, 0.29) is 10.5 Å². The van der Waals surface area contributed by atoms with E-state index >= 15 is 0 Å². The first-order valence-corrected chi connectivity index (χ1v) is 7.15. The van der Waals surface area contributed by atoms with Crippen molar-refractivity contribution in [2.75, 3.05) is 0 Å². The van der Waals surface area contributed by atoms with Gasteiger partial charge in [0.15, 0.2) is 0 Å². The second-order valence-electron chi connectivity index (χ2n) is 3.96. The van der Waals surface area contributed by atoms with Crippen molar-refractivity contribution in [1.29, 1.82) is 0 Å². The average Bonchev–Trinajstić information content (AvgIpc) is 2.80. The Bertz CT molecular complexity index is 578. The van der Waals surface area contributed by atoms with Gasteiger partial charge in [-0.25, -0.2) is 8.78 Å². The second-order valence-corrected chi connectivity index (χ2v) is 5.85. The number of carbonyl (C=O) groups excluding carboxylic acids is 1. The molecule has 2 nitrogen and oxygen atoms in total. The van der Waals surface area contributed by atoms with Crippen molar-refractivity contribution in [3.8, 4) is 0 Å². The molecule has 0 saturated heterocycles. The lowest BCUT2D eigenvalue weighted by Crippen LogP contribution is -2.28. The zero-order valence-corrected chi connectivity index (χ0v) is 12.3. The number of carbonyl (C=O) groups is 1. The maximum absolute atomic E-state index is 13.6. The lowest BCUT2D eigenvalue weighted by molar-refractivity contribution is 0.0932. The molecular formula is C13H10BrF2NOS. The molecule has 1 atom stereocenters. The van der Waals surface area contributed by atoms with Gasteiger partial charge in [-0.1, -0.05) is 22.0 Å². The van der Waals surface area contributed by atoms with E-state index < -0.39 is 23.1 Å². The molecule has 1 heterocycles. The third-order valence-corrected chi connectivity index (χ3v) is 4.06. The number of hydrogen-bond donors (Lipinski definition) is 1. The third kappa shape index (κ3) is 3.19. The van der Waals surface area contributed by atoms with Crippen molar-refractivity contribution < 1.29 is 13.6 Å². The van der Waals surface area contributed by atoms with Gasteiger partial charge in [0, 0.05) is 9.35 Å². The fraction of sp³-hybridized carbons (Fsp3) is 0.154. The largest absolute Gasteiger partial charge is 0.345 e. The van der Waals surface area contributed by atoms with E-state index in [0.717, 1.165) is 17.0 Å². The Morgan fingerprint density at radius 3 is 2.53 bits per heavy atom. The molecule has 1 aromatic heterocycles. The van der Waals surface area contributed by atoms with Crippen LogP contribution in [0.1, 0.15) is 28.2 Å². The Morgan fingerprint density at radius 1 is 1.37 bits per heavy atom. The SMILES string of the molecule is CC(NC(=O)c1c(F)cc(Br)cc1F)c1cccs1. The summed E-state index contributed by atoms with van der Waals surface area (Å²) in [4.78, 5) is 12.8. The van der Waals surface area contributed by atoms with Crippen LogP contribution in [0.5, 0.6) is 0 Å². The fourth-order valence-electron chi connectivity index (χ4n) is 1.64. The fourth-order valence-corrected chi connectivity index (χ4v) is 2.77. The van der Waals surface area contributed by atoms with Crippen LogP contribution in [0.3, 0.4) is 0 Å². The molecule has 0 radical (unpaired) electrons. The van der Waals surface area contributed by atoms with E-state index in [1.807, 2.05) is 17.5 Å². The molecule has 0 aliphatic rings. The Balaban J connectivity index is 2.21. The summed E-state index contributed by atoms with van der Waals surface area (Å²) in [5.74, 6) is -2.53. The van der Waals surface area contributed by atoms with Gasteiger partial charge in [0.05, 0.1) is 6.04 Å². The lowest BCUT2D eigenvalue weighted by Gasteiger charge is -2.13. The van der Waals surface area contributed by atoms with Crippen LogP contribution in [0.2, 0.25) is 0 Å². The van der Waals surface area contributed by atoms with Crippen LogP contribution in [0.15, 0.2) is 34.1 Å². The number of halogens is 3. The van der Waals surface area contributed by atoms with E-state index in [1.54, 1.807) is 6.92 Å². The Labute approximate surface area is 121 Å². The molecule has 0 spiro atoms. The Morgan fingerprint density at radius 2 is 2.00 bits per heavy atom. The minimum atomic E-state index is -0.886. The van der Waals surface area contributed by atoms with Crippen LogP contribution in [0.25, 0.3) is 0 Å². The zero-order chi connectivity index (χ0) is 14.0. The summed E-state index contributed by atoms with van der Waals surface area (Å²) in [5, 5.41) is 4.45. The maximum Gasteiger partial charge on any atom is 0.257 e. The molecule has 1 N–H and O–H groups in total. The molecule has 0 bridgehead atoms. The summed E-state index contributed by atoms with van der Waals surface area (Å²) in [5.41, 5.74) is -0.563. The topological polar surface area (TPSA) is 29.1 Å². The van der Waals surface area contributed by atoms with Gasteiger partial charge in [-0.2, -0.15) is 0 Å². The van der Waals surface area contributed by atoms with Gasteiger partial charge >= 0.3 is 0 Å². The summed E-state index contributed by atoms with van der Waals surface area (Å²) in [6, 6.07) is 5.53. The lowest BCUT2D eigenvalue weighted by atomic mass is 10.1. The quantitative estimate of drug-likeness (QED) is 0.883. The molecule has 0 aliphatic carbocycles. The number of hydrogen-bond acceptors (Lipinski definition) is 2. The molecule has 1 aromatic carbocycles. The Hall–Kier alpha value is -1.27. The van der Waals surface area contributed by atoms with Gasteiger partial charge in [-0.3, -0.25) is 4.79 Å². The van der Waals surface area contributed by atoms with Crippen LogP contribution in [-0.2, 0) is 0 Å². The number of amides is 1. The normalized spacial score (nSPS) is 12.2. The van der Waals surface area contributed by atoms with Gasteiger partial charge in [-0.15, -0.1) is 11.3 Å². The summed E-state index contributed by atoms with van der Waals surface area (Å²) >= 11 is 4.44. The molecule has 100 valence electrons. The Kier molecular flexibility index (Phi) is 4.31. The standard InChI is InChI=1S/C13H10BrF2NOS/c1-7(11-3-2-4-19-11)17-13(18)12-9(15)5-8(14)6-10(12)16/h2-7H,1H3,(H,17,18). The van der Waals surface area contributed by atoms with Crippen LogP contribution in [0.4, 0.5) is 8.78 Å². The molecule has 2 aromatic rings. The third-order valence-electron chi connectivity index (χ3n) is 2.55. The number of benzene rings is 1. The van der Waals surface area contributed by atoms with E-state index in [0.29, 0.717) is 0 Å². The number of nitrogens with one attached hydrogen (secondary N) is 1. The number of thiophene rings is 1. The molecule has 0 saturated carbocycles. The van der Waals surface area contributed by atoms with Crippen molar-refractivity contribution in [2.45, 2.75) is 13.0 Å². The molecule has 0 aliphatic heterocycles. The van der Waals surface area contributed by atoms with Crippen molar-refractivity contribution in [3.05, 3.63) is 56.2 Å². The molecule has 0 fully saturated rings. The molecule has 19 heavy (non-hydrogen) atoms. The smallest absolute Gasteiger partial charge is 0.257 e. The van der Waals surface area contributed by atoms with Crippen LogP contribution >= 0.6 is 27.3 Å². The first-order chi connectivity index (χ1) is 8.99. The van der Waals surface area contributed by atoms with Crippen molar-refractivity contribution in [3.63, 3.8) is 0 Å². The van der Waals surface area contributed by atoms with E-state index in [4.69, 9.17) is 0 Å². The summed E-state index contributed by atoms with van der Waals surface area (Å²) < 4.78 is 27.5. The second kappa shape index (κ2) is 5.79. The van der Waals surface area contributed by atoms with Crippen LogP contribution < -0.4 is 5.32 Å². The van der Waals surface area contributed by atoms with Gasteiger partial charge < -0.3 is 5.32 Å². The van der Waals surface area contributed by atoms with Crippen molar-refractivity contribution in [1.82, 2.24) is 5.32 Å². The van der Waals surface area contributed by atoms with E-state index in [1.165, 1.54) is 11.3 Å². The highest BCUT2D eigenvalue weighted by Gasteiger charge is 2.20. The highest BCUT2D eigenvalue weighted by Crippen LogP contribution is 2.22. The van der Waals surface area contributed by atoms with E-state index in [9.17, 15) is 13.6 Å². The number of rotatable bonds is 3. The molecule has 1 amide bonds. The first kappa shape index (κ1) is 14.1. The monoisotopic (exact) mass is 345 g/mol. The first-order valence-electron chi connectivity index (χ1n) is 5.48. The predicted octanol–water partition coefficient (Wildman–Crippen LogP) is 4.28. The van der Waals surface area contributed by atoms with E-state index in [2.05, 4.69) is 21.2 Å². The summed E-state index contributed by atoms with van der Waals surface area (Å²) in [6.07, 6.45) is 0. The van der Waals surface area contributed by atoms with Gasteiger partial charge in [-0.05, 0) is 30.5 Å². The molecular weight excluding hydrogens is 336 g/mol. The predicted molar refractivity (Wildman–Crippen MR) is 74.3 cm³/mol. The van der Waals surface area contributed by atoms with Crippen LogP contribution in [-0.4, -0.2) is 5.91 Å². The molecule has 1 unspecified atom stereocenters. The van der Waals surface area contributed by atoms with Crippen LogP contribution in [0, 0.1) is 11.6 Å². The average molecular weight is 346 g/mol. The minimum absolute atomic E-state index is 0.255. The van der Waals surface area contributed by atoms with Crippen molar-refractivity contribution >= 4 is 33.2 Å². The van der Waals surface area contributed by atoms with Gasteiger partial charge in [0.1, 0.15) is 17.2 Å². The van der Waals surface area contributed by atoms with Crippen molar-refractivity contribution in [2.24, 2.45) is 0 Å². The van der Waals surface area contributed by atoms with Gasteiger partial charge in [0.2, 0.25) is 0 Å². The molecule has 2 rings (SSSR count). The maximum atomic E-state index is 13.6. The zero-order valence-electron chi connectivity index (χ0n) is 9.91. The summed E-state index contributed by atoms with van der Waals surface area (Å²) in [6.45, 7) is 1.76. The van der Waals surface area contributed by atoms with Gasteiger partial charge in [0.25, 0.3) is 5.91 Å². The summed E-state index contributed by atoms with van der Waals surface area (Å²) in [7, 11) is 0. The minimum Gasteiger partial charge on any atom is -0.345 e. The molecule has 6 heteroatoms. The highest BCUT2D eigenvalue weighted by atomic mass is 79.9.